The van der Waals surface area contributed by atoms with Gasteiger partial charge in [-0.25, -0.2) is 16.8 Å². The molecule has 0 saturated heterocycles. The molecule has 0 fully saturated rings. The Morgan fingerprint density at radius 1 is 0.750 bits per heavy atom. The molecule has 2 aromatic rings. The van der Waals surface area contributed by atoms with Crippen molar-refractivity contribution in [2.24, 2.45) is 0 Å². The molecule has 0 amide bonds. The van der Waals surface area contributed by atoms with Crippen molar-refractivity contribution in [3.05, 3.63) is 36.4 Å². The number of hydrogen-bond acceptors (Lipinski definition) is 8. The number of nitrogen functional groups attached to an aromatic ring is 2. The van der Waals surface area contributed by atoms with E-state index in [1.165, 1.54) is 12.1 Å². The van der Waals surface area contributed by atoms with Crippen LogP contribution < -0.4 is 22.9 Å². The zero-order chi connectivity index (χ0) is 22.1. The van der Waals surface area contributed by atoms with Crippen molar-refractivity contribution >= 4 is 31.6 Å². The van der Waals surface area contributed by atoms with Crippen LogP contribution in [0.3, 0.4) is 0 Å². The molecule has 158 valence electrons. The van der Waals surface area contributed by atoms with Crippen LogP contribution in [0.4, 0.5) is 11.4 Å². The second-order valence-electron chi connectivity index (χ2n) is 5.42. The van der Waals surface area contributed by atoms with E-state index in [2.05, 4.69) is 11.5 Å². The van der Waals surface area contributed by atoms with Gasteiger partial charge in [0.25, 0.3) is 0 Å². The lowest BCUT2D eigenvalue weighted by molar-refractivity contribution is -0.362. The number of anilines is 2. The van der Waals surface area contributed by atoms with Crippen molar-refractivity contribution in [2.45, 2.75) is 23.6 Å². The Kier molecular flexibility index (Phi) is 10.1. The maximum atomic E-state index is 11.3. The standard InChI is InChI=1S/C12H12N2O6S2.2C2H7N/c13-7-1-3-9(11(5-7)21(15,16)17)10-4-2-8(14)6-12(10)22(18,19)20;2*1-2-3/h1-6H,13-14H2,(H,15,16,17)(H,18,19,20);2*2-3H2,1H3. The Balaban J connectivity index is 0.00000108. The second-order valence-corrected chi connectivity index (χ2v) is 8.12. The Morgan fingerprint density at radius 3 is 1.21 bits per heavy atom. The normalized spacial score (nSPS) is 10.9. The quantitative estimate of drug-likeness (QED) is 0.339. The molecule has 2 aromatic carbocycles. The predicted octanol–water partition coefficient (Wildman–Crippen LogP) is -1.18. The highest BCUT2D eigenvalue weighted by atomic mass is 32.2. The molecule has 0 heterocycles. The van der Waals surface area contributed by atoms with Crippen LogP contribution >= 0.6 is 0 Å². The fourth-order valence-corrected chi connectivity index (χ4v) is 3.39. The van der Waals surface area contributed by atoms with Gasteiger partial charge in [-0.3, -0.25) is 0 Å². The Bertz CT molecular complexity index is 911. The van der Waals surface area contributed by atoms with Crippen molar-refractivity contribution in [3.63, 3.8) is 0 Å². The van der Waals surface area contributed by atoms with Gasteiger partial charge in [0.1, 0.15) is 20.2 Å². The molecule has 0 aromatic heterocycles. The number of quaternary nitrogens is 2. The third-order valence-corrected chi connectivity index (χ3v) is 4.59. The molecule has 10 N–H and O–H groups in total. The molecule has 12 heteroatoms. The largest absolute Gasteiger partial charge is 0.744 e. The Hall–Kier alpha value is -2.22. The SMILES string of the molecule is CC[NH3+].CC[NH3+].Nc1ccc(-c2ccc(N)cc2S(=O)(=O)[O-])c(S(=O)(=O)[O-])c1. The molecule has 0 saturated carbocycles. The van der Waals surface area contributed by atoms with Gasteiger partial charge >= 0.3 is 0 Å². The third-order valence-electron chi connectivity index (χ3n) is 2.84. The maximum Gasteiger partial charge on any atom is 0.125 e. The molecule has 2 rings (SSSR count). The summed E-state index contributed by atoms with van der Waals surface area (Å²) in [5.41, 5.74) is 17.4. The summed E-state index contributed by atoms with van der Waals surface area (Å²) in [7, 11) is -9.87. The van der Waals surface area contributed by atoms with Gasteiger partial charge in [-0.15, -0.1) is 0 Å². The van der Waals surface area contributed by atoms with E-state index in [1.807, 2.05) is 13.8 Å². The minimum atomic E-state index is -4.93. The molecular formula is C16H26N4O6S2. The minimum Gasteiger partial charge on any atom is -0.744 e. The molecule has 0 aliphatic rings. The summed E-state index contributed by atoms with van der Waals surface area (Å²) < 4.78 is 68.1. The van der Waals surface area contributed by atoms with Gasteiger partial charge in [0.2, 0.25) is 0 Å². The highest BCUT2D eigenvalue weighted by molar-refractivity contribution is 7.86. The predicted molar refractivity (Wildman–Crippen MR) is 103 cm³/mol. The molecule has 10 nitrogen and oxygen atoms in total. The molecule has 0 radical (unpaired) electrons. The third kappa shape index (κ3) is 7.80. The van der Waals surface area contributed by atoms with E-state index in [0.29, 0.717) is 0 Å². The van der Waals surface area contributed by atoms with Crippen LogP contribution in [0.25, 0.3) is 11.1 Å². The summed E-state index contributed by atoms with van der Waals surface area (Å²) in [6.45, 7) is 6.03. The highest BCUT2D eigenvalue weighted by Crippen LogP contribution is 2.34. The minimum absolute atomic E-state index is 0.000139. The summed E-state index contributed by atoms with van der Waals surface area (Å²) >= 11 is 0. The van der Waals surface area contributed by atoms with Crippen LogP contribution in [0.5, 0.6) is 0 Å². The first-order valence-electron chi connectivity index (χ1n) is 8.13. The first kappa shape index (κ1) is 25.8. The molecular weight excluding hydrogens is 408 g/mol. The van der Waals surface area contributed by atoms with Crippen LogP contribution in [-0.4, -0.2) is 39.0 Å². The van der Waals surface area contributed by atoms with E-state index in [1.54, 1.807) is 0 Å². The zero-order valence-corrected chi connectivity index (χ0v) is 17.3. The van der Waals surface area contributed by atoms with Gasteiger partial charge in [-0.05, 0) is 38.1 Å². The lowest BCUT2D eigenvalue weighted by atomic mass is 10.0. The fourth-order valence-electron chi connectivity index (χ4n) is 1.94. The molecule has 0 aliphatic heterocycles. The molecule has 0 unspecified atom stereocenters. The van der Waals surface area contributed by atoms with Gasteiger partial charge < -0.3 is 32.0 Å². The number of rotatable bonds is 3. The van der Waals surface area contributed by atoms with Gasteiger partial charge in [-0.1, -0.05) is 12.1 Å². The van der Waals surface area contributed by atoms with Crippen LogP contribution in [0, 0.1) is 0 Å². The van der Waals surface area contributed by atoms with E-state index < -0.39 is 30.0 Å². The van der Waals surface area contributed by atoms with Gasteiger partial charge in [0.15, 0.2) is 0 Å². The Morgan fingerprint density at radius 2 is 1.00 bits per heavy atom. The summed E-state index contributed by atoms with van der Waals surface area (Å²) in [5.74, 6) is 0. The van der Waals surface area contributed by atoms with Crippen LogP contribution in [0.15, 0.2) is 46.2 Å². The van der Waals surface area contributed by atoms with E-state index >= 15 is 0 Å². The Labute approximate surface area is 165 Å². The topological polar surface area (TPSA) is 222 Å². The van der Waals surface area contributed by atoms with Crippen molar-refractivity contribution in [3.8, 4) is 11.1 Å². The first-order valence-corrected chi connectivity index (χ1v) is 10.9. The van der Waals surface area contributed by atoms with Gasteiger partial charge in [0, 0.05) is 22.5 Å². The van der Waals surface area contributed by atoms with Gasteiger partial charge in [-0.2, -0.15) is 0 Å². The lowest BCUT2D eigenvalue weighted by Gasteiger charge is -2.18. The first-order chi connectivity index (χ1) is 12.8. The van der Waals surface area contributed by atoms with Gasteiger partial charge in [0.05, 0.1) is 22.9 Å². The second kappa shape index (κ2) is 10.9. The summed E-state index contributed by atoms with van der Waals surface area (Å²) in [6.07, 6.45) is 0. The number of benzene rings is 2. The highest BCUT2D eigenvalue weighted by Gasteiger charge is 2.17. The van der Waals surface area contributed by atoms with E-state index in [0.717, 1.165) is 37.4 Å². The van der Waals surface area contributed by atoms with Crippen LogP contribution in [-0.2, 0) is 20.2 Å². The lowest BCUT2D eigenvalue weighted by Crippen LogP contribution is -2.48. The van der Waals surface area contributed by atoms with Crippen LogP contribution in [0.1, 0.15) is 13.8 Å². The van der Waals surface area contributed by atoms with E-state index in [9.17, 15) is 25.9 Å². The molecule has 0 spiro atoms. The van der Waals surface area contributed by atoms with Crippen LogP contribution in [0.2, 0.25) is 0 Å². The van der Waals surface area contributed by atoms with E-state index in [-0.39, 0.29) is 22.5 Å². The summed E-state index contributed by atoms with van der Waals surface area (Å²) in [4.78, 5) is -1.44. The molecule has 0 aliphatic carbocycles. The smallest absolute Gasteiger partial charge is 0.125 e. The number of hydrogen-bond donors (Lipinski definition) is 4. The van der Waals surface area contributed by atoms with E-state index in [4.69, 9.17) is 11.5 Å². The number of nitrogens with two attached hydrogens (primary N) is 2. The van der Waals surface area contributed by atoms with Crippen molar-refractivity contribution < 1.29 is 37.4 Å². The van der Waals surface area contributed by atoms with Crippen molar-refractivity contribution in [2.75, 3.05) is 24.6 Å². The zero-order valence-electron chi connectivity index (χ0n) is 15.7. The average Bonchev–Trinajstić information content (AvgIpc) is 2.55. The average molecular weight is 435 g/mol. The summed E-state index contributed by atoms with van der Waals surface area (Å²) in [5, 5.41) is 0. The molecule has 28 heavy (non-hydrogen) atoms. The molecule has 0 bridgehead atoms. The monoisotopic (exact) mass is 434 g/mol. The summed E-state index contributed by atoms with van der Waals surface area (Å²) in [6, 6.07) is 6.66. The van der Waals surface area contributed by atoms with Crippen molar-refractivity contribution in [1.82, 2.24) is 0 Å². The van der Waals surface area contributed by atoms with Crippen molar-refractivity contribution in [1.29, 1.82) is 0 Å². The maximum absolute atomic E-state index is 11.3. The molecule has 0 atom stereocenters. The fraction of sp³-hybridized carbons (Fsp3) is 0.250.